The minimum atomic E-state index is -4.96. The SMILES string of the molecule is CCC(C)CCCCCCCCCCC(=O)O[C@H](COC(=O)CCCCCCCCCCC(C)C)COP(=O)(O)OCC(O)COP(=O)(O)OC[C@@H](COC(=O)CCCCCCCCCCCCCCCC(C)C)OC(=O)CCCCCCCCCCCCCCC(C)C. The predicted molar refractivity (Wildman–Crippen MR) is 381 cm³/mol. The molecular weight excluding hydrogens is 1230 g/mol. The van der Waals surface area contributed by atoms with E-state index in [0.29, 0.717) is 25.7 Å². The average molecular weight is 1380 g/mol. The summed E-state index contributed by atoms with van der Waals surface area (Å²) in [6.07, 6.45) is 48.5. The van der Waals surface area contributed by atoms with Gasteiger partial charge in [-0.05, 0) is 49.4 Å². The topological polar surface area (TPSA) is 237 Å². The Balaban J connectivity index is 5.26. The maximum absolute atomic E-state index is 13.1. The summed E-state index contributed by atoms with van der Waals surface area (Å²) in [4.78, 5) is 72.8. The third-order valence-electron chi connectivity index (χ3n) is 17.7. The van der Waals surface area contributed by atoms with Gasteiger partial charge in [0.05, 0.1) is 26.4 Å². The molecule has 0 aromatic carbocycles. The molecule has 0 spiro atoms. The van der Waals surface area contributed by atoms with Crippen LogP contribution in [-0.2, 0) is 65.4 Å². The molecule has 0 aliphatic carbocycles. The number of esters is 4. The first-order valence-electron chi connectivity index (χ1n) is 38.7. The highest BCUT2D eigenvalue weighted by Gasteiger charge is 2.30. The lowest BCUT2D eigenvalue weighted by Crippen LogP contribution is -2.30. The highest BCUT2D eigenvalue weighted by molar-refractivity contribution is 7.47. The van der Waals surface area contributed by atoms with Crippen molar-refractivity contribution < 1.29 is 80.2 Å². The summed E-state index contributed by atoms with van der Waals surface area (Å²) in [6.45, 7) is 14.2. The third kappa shape index (κ3) is 67.3. The summed E-state index contributed by atoms with van der Waals surface area (Å²) < 4.78 is 68.5. The minimum Gasteiger partial charge on any atom is -0.462 e. The first-order valence-corrected chi connectivity index (χ1v) is 41.7. The lowest BCUT2D eigenvalue weighted by Gasteiger charge is -2.21. The summed E-state index contributed by atoms with van der Waals surface area (Å²) in [7, 11) is -9.91. The zero-order chi connectivity index (χ0) is 69.6. The molecule has 94 heavy (non-hydrogen) atoms. The molecule has 0 rings (SSSR count). The molecule has 0 aromatic rings. The largest absolute Gasteiger partial charge is 0.472 e. The molecule has 17 nitrogen and oxygen atoms in total. The quantitative estimate of drug-likeness (QED) is 0.0222. The maximum atomic E-state index is 13.1. The summed E-state index contributed by atoms with van der Waals surface area (Å²) in [5.41, 5.74) is 0. The fourth-order valence-electron chi connectivity index (χ4n) is 11.3. The predicted octanol–water partition coefficient (Wildman–Crippen LogP) is 21.7. The monoisotopic (exact) mass is 1380 g/mol. The van der Waals surface area contributed by atoms with E-state index < -0.39 is 97.5 Å². The van der Waals surface area contributed by atoms with Gasteiger partial charge in [-0.1, -0.05) is 325 Å². The molecule has 0 aliphatic rings. The van der Waals surface area contributed by atoms with Gasteiger partial charge in [0.1, 0.15) is 19.3 Å². The Kier molecular flexibility index (Phi) is 63.1. The number of aliphatic hydroxyl groups excluding tert-OH is 1. The fourth-order valence-corrected chi connectivity index (χ4v) is 12.9. The first kappa shape index (κ1) is 92.1. The van der Waals surface area contributed by atoms with Crippen molar-refractivity contribution in [2.45, 2.75) is 395 Å². The number of hydrogen-bond donors (Lipinski definition) is 3. The Morgan fingerprint density at radius 3 is 0.755 bits per heavy atom. The molecule has 19 heteroatoms. The van der Waals surface area contributed by atoms with Crippen LogP contribution in [0.3, 0.4) is 0 Å². The van der Waals surface area contributed by atoms with Crippen LogP contribution in [0, 0.1) is 23.7 Å². The zero-order valence-corrected chi connectivity index (χ0v) is 63.4. The number of phosphoric acid groups is 2. The van der Waals surface area contributed by atoms with E-state index in [4.69, 9.17) is 37.0 Å². The van der Waals surface area contributed by atoms with E-state index in [2.05, 4.69) is 55.4 Å². The van der Waals surface area contributed by atoms with Crippen LogP contribution in [-0.4, -0.2) is 96.7 Å². The van der Waals surface area contributed by atoms with Crippen LogP contribution < -0.4 is 0 Å². The van der Waals surface area contributed by atoms with Gasteiger partial charge in [0.25, 0.3) is 0 Å². The molecule has 0 fully saturated rings. The van der Waals surface area contributed by atoms with Crippen molar-refractivity contribution in [1.82, 2.24) is 0 Å². The molecule has 0 aromatic heterocycles. The molecule has 0 bridgehead atoms. The number of hydrogen-bond acceptors (Lipinski definition) is 15. The van der Waals surface area contributed by atoms with Gasteiger partial charge in [0, 0.05) is 25.7 Å². The van der Waals surface area contributed by atoms with Gasteiger partial charge >= 0.3 is 39.5 Å². The highest BCUT2D eigenvalue weighted by Crippen LogP contribution is 2.45. The van der Waals surface area contributed by atoms with Crippen LogP contribution in [0.1, 0.15) is 376 Å². The van der Waals surface area contributed by atoms with E-state index in [1.807, 2.05) is 0 Å². The molecule has 0 heterocycles. The van der Waals surface area contributed by atoms with Gasteiger partial charge in [-0.15, -0.1) is 0 Å². The summed E-state index contributed by atoms with van der Waals surface area (Å²) >= 11 is 0. The maximum Gasteiger partial charge on any atom is 0.472 e. The summed E-state index contributed by atoms with van der Waals surface area (Å²) in [5.74, 6) is 0.941. The van der Waals surface area contributed by atoms with Crippen LogP contribution in [0.4, 0.5) is 0 Å². The van der Waals surface area contributed by atoms with Gasteiger partial charge in [-0.25, -0.2) is 9.13 Å². The Bertz CT molecular complexity index is 1850. The molecule has 0 amide bonds. The molecule has 3 N–H and O–H groups in total. The molecular formula is C75H146O17P2. The minimum absolute atomic E-state index is 0.104. The second-order valence-electron chi connectivity index (χ2n) is 28.7. The van der Waals surface area contributed by atoms with Crippen molar-refractivity contribution in [3.63, 3.8) is 0 Å². The van der Waals surface area contributed by atoms with E-state index in [1.165, 1.54) is 180 Å². The number of unbranched alkanes of at least 4 members (excludes halogenated alkanes) is 37. The number of carbonyl (C=O) groups is 4. The van der Waals surface area contributed by atoms with Gasteiger partial charge < -0.3 is 33.8 Å². The van der Waals surface area contributed by atoms with Crippen LogP contribution in [0.2, 0.25) is 0 Å². The molecule has 0 aliphatic heterocycles. The van der Waals surface area contributed by atoms with Crippen molar-refractivity contribution in [2.75, 3.05) is 39.6 Å². The van der Waals surface area contributed by atoms with Crippen LogP contribution >= 0.6 is 15.6 Å². The number of carbonyl (C=O) groups excluding carboxylic acids is 4. The van der Waals surface area contributed by atoms with Gasteiger partial charge in [0.2, 0.25) is 0 Å². The van der Waals surface area contributed by atoms with E-state index in [-0.39, 0.29) is 25.7 Å². The van der Waals surface area contributed by atoms with Gasteiger partial charge in [-0.2, -0.15) is 0 Å². The van der Waals surface area contributed by atoms with Crippen molar-refractivity contribution in [2.24, 2.45) is 23.7 Å². The average Bonchev–Trinajstić information content (AvgIpc) is 1.13. The van der Waals surface area contributed by atoms with Crippen molar-refractivity contribution in [3.8, 4) is 0 Å². The summed E-state index contributed by atoms with van der Waals surface area (Å²) in [6, 6.07) is 0. The lowest BCUT2D eigenvalue weighted by molar-refractivity contribution is -0.161. The molecule has 0 saturated heterocycles. The van der Waals surface area contributed by atoms with E-state index in [0.717, 1.165) is 114 Å². The number of aliphatic hydroxyl groups is 1. The summed E-state index contributed by atoms with van der Waals surface area (Å²) in [5, 5.41) is 10.6. The zero-order valence-electron chi connectivity index (χ0n) is 61.6. The van der Waals surface area contributed by atoms with E-state index in [1.54, 1.807) is 0 Å². The Hall–Kier alpha value is -1.94. The van der Waals surface area contributed by atoms with E-state index in [9.17, 15) is 43.2 Å². The number of ether oxygens (including phenoxy) is 4. The normalized spacial score (nSPS) is 14.4. The van der Waals surface area contributed by atoms with E-state index >= 15 is 0 Å². The van der Waals surface area contributed by atoms with Gasteiger partial charge in [-0.3, -0.25) is 37.3 Å². The second kappa shape index (κ2) is 64.4. The second-order valence-corrected chi connectivity index (χ2v) is 31.6. The number of rotatable bonds is 72. The Labute approximate surface area is 575 Å². The van der Waals surface area contributed by atoms with Crippen molar-refractivity contribution >= 4 is 39.5 Å². The highest BCUT2D eigenvalue weighted by atomic mass is 31.2. The van der Waals surface area contributed by atoms with Crippen molar-refractivity contribution in [1.29, 1.82) is 0 Å². The Morgan fingerprint density at radius 1 is 0.298 bits per heavy atom. The molecule has 6 atom stereocenters. The Morgan fingerprint density at radius 2 is 0.511 bits per heavy atom. The number of phosphoric ester groups is 2. The molecule has 0 saturated carbocycles. The molecule has 4 unspecified atom stereocenters. The lowest BCUT2D eigenvalue weighted by atomic mass is 9.99. The van der Waals surface area contributed by atoms with Gasteiger partial charge in [0.15, 0.2) is 12.2 Å². The van der Waals surface area contributed by atoms with Crippen molar-refractivity contribution in [3.05, 3.63) is 0 Å². The van der Waals surface area contributed by atoms with Crippen LogP contribution in [0.25, 0.3) is 0 Å². The standard InChI is InChI=1S/C75H146O17P2/c1-9-68(8)54-46-38-30-24-26-34-42-50-58-75(80)92-71(62-86-73(78)56-48-40-32-25-23-29-37-45-53-67(6)7)64-90-94(83,84)88-60-69(76)59-87-93(81,82)89-63-70(91-74(79)57-49-41-33-22-18-14-13-16-20-28-36-44-52-66(4)5)61-85-72(77)55-47-39-31-21-17-12-10-11-15-19-27-35-43-51-65(2)3/h65-71,76H,9-64H2,1-8H3,(H,81,82)(H,83,84)/t68?,69?,70-,71-/m1/s1. The van der Waals surface area contributed by atoms with Crippen LogP contribution in [0.5, 0.6) is 0 Å². The fraction of sp³-hybridized carbons (Fsp3) is 0.947. The molecule has 0 radical (unpaired) electrons. The molecule has 558 valence electrons. The third-order valence-corrected chi connectivity index (χ3v) is 19.6. The smallest absolute Gasteiger partial charge is 0.462 e. The van der Waals surface area contributed by atoms with Crippen LogP contribution in [0.15, 0.2) is 0 Å². The first-order chi connectivity index (χ1) is 45.1.